The average Bonchev–Trinajstić information content (AvgIpc) is 2.80. The summed E-state index contributed by atoms with van der Waals surface area (Å²) in [6.07, 6.45) is 8.60. The summed E-state index contributed by atoms with van der Waals surface area (Å²) in [5.74, 6) is 0. The van der Waals surface area contributed by atoms with Crippen LogP contribution in [0.25, 0.3) is 10.9 Å². The van der Waals surface area contributed by atoms with Crippen molar-refractivity contribution in [3.8, 4) is 0 Å². The molecule has 2 aromatic rings. The van der Waals surface area contributed by atoms with Gasteiger partial charge >= 0.3 is 0 Å². The second kappa shape index (κ2) is 4.74. The third-order valence-corrected chi connectivity index (χ3v) is 3.55. The number of H-pyrrole nitrogens is 1. The Balaban J connectivity index is 1.77. The fraction of sp³-hybridized carbons (Fsp3) is 0.400. The molecule has 1 fully saturated rings. The monoisotopic (exact) mass is 226 g/mol. The molecular weight excluding hydrogens is 208 g/mol. The Labute approximate surface area is 102 Å². The largest absolute Gasteiger partial charge is 0.354 e. The van der Waals surface area contributed by atoms with E-state index in [9.17, 15) is 0 Å². The molecule has 17 heavy (non-hydrogen) atoms. The Morgan fingerprint density at radius 1 is 1.12 bits per heavy atom. The predicted molar refractivity (Wildman–Crippen MR) is 72.8 cm³/mol. The molecule has 1 heterocycles. The van der Waals surface area contributed by atoms with Crippen molar-refractivity contribution >= 4 is 17.1 Å². The second-order valence-electron chi connectivity index (χ2n) is 4.88. The molecule has 0 radical (unpaired) electrons. The fourth-order valence-electron chi connectivity index (χ4n) is 2.58. The molecule has 88 valence electrons. The van der Waals surface area contributed by atoms with Gasteiger partial charge in [-0.05, 0) is 25.0 Å². The number of rotatable bonds is 2. The Morgan fingerprint density at radius 2 is 1.94 bits per heavy atom. The molecule has 0 saturated heterocycles. The Bertz CT molecular complexity index is 485. The van der Waals surface area contributed by atoms with Crippen molar-refractivity contribution in [3.63, 3.8) is 0 Å². The van der Waals surface area contributed by atoms with Crippen LogP contribution in [0.15, 0.2) is 35.3 Å². The van der Waals surface area contributed by atoms with Gasteiger partial charge in [0.2, 0.25) is 0 Å². The summed E-state index contributed by atoms with van der Waals surface area (Å²) in [5, 5.41) is 1.26. The van der Waals surface area contributed by atoms with Gasteiger partial charge in [-0.1, -0.05) is 37.5 Å². The molecule has 2 nitrogen and oxygen atoms in total. The number of aromatic amines is 1. The zero-order valence-electron chi connectivity index (χ0n) is 10.0. The van der Waals surface area contributed by atoms with E-state index in [1.165, 1.54) is 43.0 Å². The quantitative estimate of drug-likeness (QED) is 0.752. The van der Waals surface area contributed by atoms with Gasteiger partial charge in [0.25, 0.3) is 0 Å². The number of fused-ring (bicyclic) bond motifs is 1. The number of aliphatic imine (C=N–C) groups is 1. The van der Waals surface area contributed by atoms with Crippen LogP contribution in [0.3, 0.4) is 0 Å². The first-order chi connectivity index (χ1) is 8.42. The van der Waals surface area contributed by atoms with Crippen LogP contribution in [0, 0.1) is 0 Å². The maximum Gasteiger partial charge on any atom is 0.0572 e. The molecule has 0 spiro atoms. The van der Waals surface area contributed by atoms with Crippen molar-refractivity contribution in [1.29, 1.82) is 0 Å². The van der Waals surface area contributed by atoms with E-state index in [1.807, 2.05) is 6.21 Å². The molecule has 0 aliphatic heterocycles. The zero-order valence-corrected chi connectivity index (χ0v) is 10.0. The molecule has 0 unspecified atom stereocenters. The van der Waals surface area contributed by atoms with Gasteiger partial charge in [0.15, 0.2) is 0 Å². The topological polar surface area (TPSA) is 28.1 Å². The van der Waals surface area contributed by atoms with Crippen LogP contribution in [-0.4, -0.2) is 17.2 Å². The van der Waals surface area contributed by atoms with Gasteiger partial charge in [-0.25, -0.2) is 0 Å². The third kappa shape index (κ3) is 2.41. The van der Waals surface area contributed by atoms with Crippen LogP contribution in [0.5, 0.6) is 0 Å². The van der Waals surface area contributed by atoms with E-state index in [0.717, 1.165) is 5.69 Å². The van der Waals surface area contributed by atoms with Crippen LogP contribution in [-0.2, 0) is 0 Å². The SMILES string of the molecule is C(=N\C1CCCCC1)/c1cc2ccccc2[nH]1. The van der Waals surface area contributed by atoms with Crippen molar-refractivity contribution in [2.24, 2.45) is 4.99 Å². The number of para-hydroxylation sites is 1. The lowest BCUT2D eigenvalue weighted by atomic mass is 9.96. The molecule has 0 bridgehead atoms. The van der Waals surface area contributed by atoms with Crippen LogP contribution in [0.2, 0.25) is 0 Å². The summed E-state index contributed by atoms with van der Waals surface area (Å²) >= 11 is 0. The van der Waals surface area contributed by atoms with Crippen LogP contribution in [0.4, 0.5) is 0 Å². The van der Waals surface area contributed by atoms with Gasteiger partial charge in [-0.15, -0.1) is 0 Å². The summed E-state index contributed by atoms with van der Waals surface area (Å²) in [5.41, 5.74) is 2.31. The summed E-state index contributed by atoms with van der Waals surface area (Å²) in [7, 11) is 0. The van der Waals surface area contributed by atoms with E-state index in [-0.39, 0.29) is 0 Å². The van der Waals surface area contributed by atoms with Gasteiger partial charge < -0.3 is 4.98 Å². The molecule has 3 rings (SSSR count). The van der Waals surface area contributed by atoms with Crippen LogP contribution in [0.1, 0.15) is 37.8 Å². The molecular formula is C15H18N2. The molecule has 1 aromatic heterocycles. The molecule has 0 amide bonds. The highest BCUT2D eigenvalue weighted by molar-refractivity contribution is 5.89. The van der Waals surface area contributed by atoms with Crippen LogP contribution >= 0.6 is 0 Å². The highest BCUT2D eigenvalue weighted by atomic mass is 14.8. The number of hydrogen-bond donors (Lipinski definition) is 1. The van der Waals surface area contributed by atoms with Crippen molar-refractivity contribution < 1.29 is 0 Å². The molecule has 1 aliphatic carbocycles. The van der Waals surface area contributed by atoms with Crippen molar-refractivity contribution in [2.75, 3.05) is 0 Å². The van der Waals surface area contributed by atoms with Gasteiger partial charge in [-0.3, -0.25) is 4.99 Å². The van der Waals surface area contributed by atoms with E-state index < -0.39 is 0 Å². The minimum atomic E-state index is 0.551. The normalized spacial score (nSPS) is 18.1. The summed E-state index contributed by atoms with van der Waals surface area (Å²) < 4.78 is 0. The lowest BCUT2D eigenvalue weighted by molar-refractivity contribution is 0.444. The summed E-state index contributed by atoms with van der Waals surface area (Å²) in [4.78, 5) is 8.08. The molecule has 2 heteroatoms. The highest BCUT2D eigenvalue weighted by Gasteiger charge is 2.10. The molecule has 1 aliphatic rings. The standard InChI is InChI=1S/C15H18N2/c1-2-7-13(8-3-1)16-11-14-10-12-6-4-5-9-15(12)17-14/h4-6,9-11,13,17H,1-3,7-8H2/b16-11+. The Hall–Kier alpha value is -1.57. The van der Waals surface area contributed by atoms with Crippen molar-refractivity contribution in [2.45, 2.75) is 38.1 Å². The third-order valence-electron chi connectivity index (χ3n) is 3.55. The van der Waals surface area contributed by atoms with Crippen molar-refractivity contribution in [1.82, 2.24) is 4.98 Å². The minimum absolute atomic E-state index is 0.551. The number of nitrogens with one attached hydrogen (secondary N) is 1. The Kier molecular flexibility index (Phi) is 2.95. The predicted octanol–water partition coefficient (Wildman–Crippen LogP) is 3.92. The Morgan fingerprint density at radius 3 is 2.76 bits per heavy atom. The van der Waals surface area contributed by atoms with E-state index in [4.69, 9.17) is 4.99 Å². The maximum absolute atomic E-state index is 4.69. The first kappa shape index (κ1) is 10.6. The summed E-state index contributed by atoms with van der Waals surface area (Å²) in [6, 6.07) is 11.1. The number of aromatic nitrogens is 1. The van der Waals surface area contributed by atoms with Gasteiger partial charge in [-0.2, -0.15) is 0 Å². The number of hydrogen-bond acceptors (Lipinski definition) is 1. The zero-order chi connectivity index (χ0) is 11.5. The maximum atomic E-state index is 4.69. The van der Waals surface area contributed by atoms with E-state index >= 15 is 0 Å². The van der Waals surface area contributed by atoms with Crippen molar-refractivity contribution in [3.05, 3.63) is 36.0 Å². The fourth-order valence-corrected chi connectivity index (χ4v) is 2.58. The average molecular weight is 226 g/mol. The first-order valence-electron chi connectivity index (χ1n) is 6.53. The first-order valence-corrected chi connectivity index (χ1v) is 6.53. The lowest BCUT2D eigenvalue weighted by Crippen LogP contribution is -2.09. The van der Waals surface area contributed by atoms with Crippen LogP contribution < -0.4 is 0 Å². The molecule has 1 N–H and O–H groups in total. The summed E-state index contributed by atoms with van der Waals surface area (Å²) in [6.45, 7) is 0. The van der Waals surface area contributed by atoms with Gasteiger partial charge in [0.05, 0.1) is 11.7 Å². The molecule has 1 saturated carbocycles. The highest BCUT2D eigenvalue weighted by Crippen LogP contribution is 2.20. The van der Waals surface area contributed by atoms with E-state index in [1.54, 1.807) is 0 Å². The molecule has 1 aromatic carbocycles. The van der Waals surface area contributed by atoms with Gasteiger partial charge in [0.1, 0.15) is 0 Å². The smallest absolute Gasteiger partial charge is 0.0572 e. The van der Waals surface area contributed by atoms with E-state index in [0.29, 0.717) is 6.04 Å². The minimum Gasteiger partial charge on any atom is -0.354 e. The number of nitrogens with zero attached hydrogens (tertiary/aromatic N) is 1. The van der Waals surface area contributed by atoms with Gasteiger partial charge in [0, 0.05) is 17.1 Å². The second-order valence-corrected chi connectivity index (χ2v) is 4.88. The number of benzene rings is 1. The lowest BCUT2D eigenvalue weighted by Gasteiger charge is -2.16. The van der Waals surface area contributed by atoms with E-state index in [2.05, 4.69) is 35.3 Å². The molecule has 0 atom stereocenters.